The van der Waals surface area contributed by atoms with E-state index in [2.05, 4.69) is 38.2 Å². The Morgan fingerprint density at radius 1 is 0.707 bits per heavy atom. The lowest BCUT2D eigenvalue weighted by molar-refractivity contribution is -0.170. The maximum absolute atomic E-state index is 12.5. The number of aliphatic hydroxyl groups is 2. The molecule has 1 aliphatic rings. The van der Waals surface area contributed by atoms with Crippen molar-refractivity contribution in [2.75, 3.05) is 13.2 Å². The summed E-state index contributed by atoms with van der Waals surface area (Å²) < 4.78 is 16.5. The molecule has 0 amide bonds. The van der Waals surface area contributed by atoms with Gasteiger partial charge in [0.2, 0.25) is 0 Å². The Morgan fingerprint density at radius 2 is 1.17 bits per heavy atom. The van der Waals surface area contributed by atoms with Crippen LogP contribution in [0.2, 0.25) is 0 Å². The van der Waals surface area contributed by atoms with Crippen LogP contribution in [0.25, 0.3) is 0 Å². The number of unbranched alkanes of at least 4 members (excludes halogenated alkanes) is 14. The van der Waals surface area contributed by atoms with Crippen molar-refractivity contribution in [1.82, 2.24) is 0 Å². The molecule has 1 rings (SSSR count). The largest absolute Gasteiger partial charge is 0.462 e. The number of ether oxygens (including phenoxy) is 3. The van der Waals surface area contributed by atoms with E-state index in [-0.39, 0.29) is 25.6 Å². The molecule has 41 heavy (non-hydrogen) atoms. The average Bonchev–Trinajstić information content (AvgIpc) is 3.30. The topological polar surface area (TPSA) is 102 Å². The Morgan fingerprint density at radius 3 is 1.66 bits per heavy atom. The molecule has 0 spiro atoms. The third kappa shape index (κ3) is 19.9. The van der Waals surface area contributed by atoms with Gasteiger partial charge < -0.3 is 24.4 Å². The molecule has 0 aromatic heterocycles. The van der Waals surface area contributed by atoms with Crippen molar-refractivity contribution in [3.63, 3.8) is 0 Å². The number of allylic oxidation sites excluding steroid dienone is 4. The van der Waals surface area contributed by atoms with Gasteiger partial charge in [0.25, 0.3) is 0 Å². The molecule has 4 atom stereocenters. The Hall–Kier alpha value is -1.70. The fraction of sp³-hybridized carbons (Fsp3) is 0.824. The first-order valence-electron chi connectivity index (χ1n) is 16.6. The smallest absolute Gasteiger partial charge is 0.306 e. The quantitative estimate of drug-likeness (QED) is 0.0620. The van der Waals surface area contributed by atoms with Crippen molar-refractivity contribution in [2.45, 2.75) is 167 Å². The fourth-order valence-corrected chi connectivity index (χ4v) is 4.86. The van der Waals surface area contributed by atoms with Gasteiger partial charge in [-0.3, -0.25) is 9.59 Å². The Kier molecular flexibility index (Phi) is 23.6. The summed E-state index contributed by atoms with van der Waals surface area (Å²) in [7, 11) is 0. The molecule has 0 aromatic rings. The van der Waals surface area contributed by atoms with Gasteiger partial charge in [-0.2, -0.15) is 0 Å². The molecule has 7 nitrogen and oxygen atoms in total. The van der Waals surface area contributed by atoms with E-state index in [4.69, 9.17) is 14.2 Å². The number of carbonyl (C=O) groups is 2. The minimum absolute atomic E-state index is 0.0455. The molecule has 1 saturated heterocycles. The third-order valence-electron chi connectivity index (χ3n) is 7.53. The summed E-state index contributed by atoms with van der Waals surface area (Å²) in [4.78, 5) is 24.8. The van der Waals surface area contributed by atoms with Crippen LogP contribution in [-0.4, -0.2) is 59.8 Å². The van der Waals surface area contributed by atoms with Crippen LogP contribution in [0.1, 0.15) is 142 Å². The maximum atomic E-state index is 12.5. The minimum Gasteiger partial charge on any atom is -0.462 e. The van der Waals surface area contributed by atoms with Crippen molar-refractivity contribution >= 4 is 11.9 Å². The van der Waals surface area contributed by atoms with Gasteiger partial charge in [0, 0.05) is 12.8 Å². The second-order valence-electron chi connectivity index (χ2n) is 11.4. The van der Waals surface area contributed by atoms with Gasteiger partial charge in [-0.05, 0) is 51.4 Å². The first-order valence-corrected chi connectivity index (χ1v) is 16.6. The molecule has 1 aliphatic heterocycles. The van der Waals surface area contributed by atoms with Gasteiger partial charge in [-0.15, -0.1) is 0 Å². The van der Waals surface area contributed by atoms with Crippen LogP contribution in [0, 0.1) is 0 Å². The van der Waals surface area contributed by atoms with Crippen molar-refractivity contribution in [3.8, 4) is 0 Å². The fourth-order valence-electron chi connectivity index (χ4n) is 4.86. The van der Waals surface area contributed by atoms with Crippen molar-refractivity contribution in [2.24, 2.45) is 0 Å². The van der Waals surface area contributed by atoms with E-state index in [0.717, 1.165) is 70.6 Å². The van der Waals surface area contributed by atoms with E-state index in [0.29, 0.717) is 6.42 Å². The molecule has 1 fully saturated rings. The number of rotatable bonds is 26. The average molecular weight is 581 g/mol. The predicted molar refractivity (Wildman–Crippen MR) is 165 cm³/mol. The number of carbonyl (C=O) groups excluding carboxylic acids is 2. The van der Waals surface area contributed by atoms with Crippen LogP contribution in [0.5, 0.6) is 0 Å². The van der Waals surface area contributed by atoms with Crippen LogP contribution in [0.3, 0.4) is 0 Å². The second kappa shape index (κ2) is 26.0. The zero-order valence-corrected chi connectivity index (χ0v) is 26.1. The molecule has 1 unspecified atom stereocenters. The third-order valence-corrected chi connectivity index (χ3v) is 7.53. The molecule has 0 aromatic carbocycles. The summed E-state index contributed by atoms with van der Waals surface area (Å²) >= 11 is 0. The maximum Gasteiger partial charge on any atom is 0.306 e. The van der Waals surface area contributed by atoms with Crippen LogP contribution in [-0.2, 0) is 23.8 Å². The lowest BCUT2D eigenvalue weighted by atomic mass is 10.1. The van der Waals surface area contributed by atoms with Gasteiger partial charge in [-0.25, -0.2) is 0 Å². The van der Waals surface area contributed by atoms with Gasteiger partial charge >= 0.3 is 11.9 Å². The molecular weight excluding hydrogens is 520 g/mol. The van der Waals surface area contributed by atoms with E-state index in [1.54, 1.807) is 0 Å². The standard InChI is InChI=1S/C34H60O7/c1-3-5-7-9-11-13-15-17-19-21-23-25-31(36)39-28-30(34-33(38)29(35)27-40-34)41-32(37)26-24-22-20-18-16-14-12-10-8-6-4-2/h9-12,29-30,33-35,38H,3-8,13-28H2,1-2H3/b11-9+,12-10+/t29-,30?,33+,34-/m1/s1. The van der Waals surface area contributed by atoms with Crippen molar-refractivity contribution in [1.29, 1.82) is 0 Å². The number of aliphatic hydroxyl groups excluding tert-OH is 2. The normalized spacial score (nSPS) is 19.8. The van der Waals surface area contributed by atoms with Gasteiger partial charge in [-0.1, -0.05) is 102 Å². The van der Waals surface area contributed by atoms with Crippen LogP contribution >= 0.6 is 0 Å². The SMILES string of the molecule is CCCC/C=C/CCCCCCCC(=O)OCC(OC(=O)CCCCCCC/C=C/CCCC)[C@H]1OC[C@@H](O)[C@@H]1O. The molecular formula is C34H60O7. The zero-order valence-electron chi connectivity index (χ0n) is 26.1. The van der Waals surface area contributed by atoms with E-state index in [9.17, 15) is 19.8 Å². The second-order valence-corrected chi connectivity index (χ2v) is 11.4. The highest BCUT2D eigenvalue weighted by Gasteiger charge is 2.42. The van der Waals surface area contributed by atoms with Gasteiger partial charge in [0.1, 0.15) is 24.9 Å². The van der Waals surface area contributed by atoms with Crippen LogP contribution in [0.4, 0.5) is 0 Å². The Bertz CT molecular complexity index is 705. The van der Waals surface area contributed by atoms with Gasteiger partial charge in [0.05, 0.1) is 6.61 Å². The highest BCUT2D eigenvalue weighted by atomic mass is 16.6. The van der Waals surface area contributed by atoms with Crippen molar-refractivity contribution < 1.29 is 34.0 Å². The summed E-state index contributed by atoms with van der Waals surface area (Å²) in [6.45, 7) is 4.18. The van der Waals surface area contributed by atoms with Crippen LogP contribution in [0.15, 0.2) is 24.3 Å². The molecule has 238 valence electrons. The summed E-state index contributed by atoms with van der Waals surface area (Å²) in [5, 5.41) is 20.2. The molecule has 7 heteroatoms. The summed E-state index contributed by atoms with van der Waals surface area (Å²) in [6, 6.07) is 0. The highest BCUT2D eigenvalue weighted by molar-refractivity contribution is 5.70. The Balaban J connectivity index is 2.24. The summed E-state index contributed by atoms with van der Waals surface area (Å²) in [5.74, 6) is -0.750. The predicted octanol–water partition coefficient (Wildman–Crippen LogP) is 7.52. The first-order chi connectivity index (χ1) is 20.0. The molecule has 0 bridgehead atoms. The van der Waals surface area contributed by atoms with Gasteiger partial charge in [0.15, 0.2) is 6.10 Å². The van der Waals surface area contributed by atoms with E-state index in [1.165, 1.54) is 44.9 Å². The molecule has 1 heterocycles. The van der Waals surface area contributed by atoms with E-state index >= 15 is 0 Å². The lowest BCUT2D eigenvalue weighted by Crippen LogP contribution is -2.44. The monoisotopic (exact) mass is 580 g/mol. The molecule has 0 aliphatic carbocycles. The lowest BCUT2D eigenvalue weighted by Gasteiger charge is -2.25. The van der Waals surface area contributed by atoms with E-state index < -0.39 is 30.4 Å². The highest BCUT2D eigenvalue weighted by Crippen LogP contribution is 2.21. The van der Waals surface area contributed by atoms with Crippen LogP contribution < -0.4 is 0 Å². The number of hydrogen-bond donors (Lipinski definition) is 2. The number of esters is 2. The molecule has 2 N–H and O–H groups in total. The first kappa shape index (κ1) is 37.3. The number of hydrogen-bond acceptors (Lipinski definition) is 7. The van der Waals surface area contributed by atoms with E-state index in [1.807, 2.05) is 0 Å². The molecule has 0 radical (unpaired) electrons. The summed E-state index contributed by atoms with van der Waals surface area (Å²) in [6.07, 6.45) is 25.3. The zero-order chi connectivity index (χ0) is 30.0. The van der Waals surface area contributed by atoms with Crippen molar-refractivity contribution in [3.05, 3.63) is 24.3 Å². The molecule has 0 saturated carbocycles. The minimum atomic E-state index is -1.19. The Labute approximate surface area is 250 Å². The summed E-state index contributed by atoms with van der Waals surface area (Å²) in [5.41, 5.74) is 0.